The molecule has 1 fully saturated rings. The van der Waals surface area contributed by atoms with Crippen LogP contribution in [-0.4, -0.2) is 29.9 Å². The topological polar surface area (TPSA) is 32.3 Å². The third kappa shape index (κ3) is 3.07. The van der Waals surface area contributed by atoms with Gasteiger partial charge in [-0.05, 0) is 30.7 Å². The van der Waals surface area contributed by atoms with Gasteiger partial charge in [-0.25, -0.2) is 0 Å². The fourth-order valence-electron chi connectivity index (χ4n) is 4.44. The summed E-state index contributed by atoms with van der Waals surface area (Å²) in [4.78, 5) is 15.2. The molecule has 0 spiro atoms. The Morgan fingerprint density at radius 2 is 1.78 bits per heavy atom. The highest BCUT2D eigenvalue weighted by Crippen LogP contribution is 2.36. The van der Waals surface area contributed by atoms with Gasteiger partial charge in [0.1, 0.15) is 0 Å². The smallest absolute Gasteiger partial charge is 0.162 e. The molecule has 1 heterocycles. The largest absolute Gasteiger partial charge is 0.375 e. The second kappa shape index (κ2) is 6.48. The minimum absolute atomic E-state index is 0.344. The lowest BCUT2D eigenvalue weighted by atomic mass is 9.81. The van der Waals surface area contributed by atoms with Crippen LogP contribution in [0.5, 0.6) is 0 Å². The van der Waals surface area contributed by atoms with Crippen LogP contribution in [0.2, 0.25) is 0 Å². The Bertz CT molecular complexity index is 601. The Labute approximate surface area is 138 Å². The van der Waals surface area contributed by atoms with E-state index in [1.165, 1.54) is 43.4 Å². The SMILES string of the molecule is O=C1C[C@H](c2ccccc2)CC2=C1CN(C1CCCCC1)CN2. The summed E-state index contributed by atoms with van der Waals surface area (Å²) in [6.07, 6.45) is 8.32. The number of rotatable bonds is 2. The lowest BCUT2D eigenvalue weighted by molar-refractivity contribution is -0.117. The standard InChI is InChI=1S/C20H26N2O/c23-20-12-16(15-7-3-1-4-8-15)11-19-18(20)13-22(14-21-19)17-9-5-2-6-10-17/h1,3-4,7-8,16-17,21H,2,5-6,9-14H2/t16-/m1/s1. The number of carbonyl (C=O) groups excluding carboxylic acids is 1. The maximum Gasteiger partial charge on any atom is 0.162 e. The predicted octanol–water partition coefficient (Wildman–Crippen LogP) is 3.58. The molecule has 3 heteroatoms. The normalized spacial score (nSPS) is 26.8. The number of nitrogens with zero attached hydrogens (tertiary/aromatic N) is 1. The number of hydrogen-bond acceptors (Lipinski definition) is 3. The second-order valence-corrected chi connectivity index (χ2v) is 7.27. The fraction of sp³-hybridized carbons (Fsp3) is 0.550. The van der Waals surface area contributed by atoms with E-state index < -0.39 is 0 Å². The highest BCUT2D eigenvalue weighted by Gasteiger charge is 2.34. The molecule has 2 aliphatic carbocycles. The minimum Gasteiger partial charge on any atom is -0.375 e. The molecule has 1 aromatic carbocycles. The lowest BCUT2D eigenvalue weighted by Crippen LogP contribution is -2.49. The Kier molecular flexibility index (Phi) is 4.21. The van der Waals surface area contributed by atoms with Gasteiger partial charge in [-0.15, -0.1) is 0 Å². The van der Waals surface area contributed by atoms with Gasteiger partial charge in [-0.1, -0.05) is 49.6 Å². The molecule has 1 N–H and O–H groups in total. The van der Waals surface area contributed by atoms with Crippen molar-refractivity contribution in [3.63, 3.8) is 0 Å². The van der Waals surface area contributed by atoms with Crippen molar-refractivity contribution in [3.8, 4) is 0 Å². The maximum atomic E-state index is 12.7. The molecule has 1 atom stereocenters. The Balaban J connectivity index is 1.49. The van der Waals surface area contributed by atoms with E-state index in [4.69, 9.17) is 0 Å². The van der Waals surface area contributed by atoms with Crippen molar-refractivity contribution in [2.75, 3.05) is 13.2 Å². The molecule has 122 valence electrons. The van der Waals surface area contributed by atoms with Gasteiger partial charge < -0.3 is 5.32 Å². The summed E-state index contributed by atoms with van der Waals surface area (Å²) in [5, 5.41) is 3.58. The minimum atomic E-state index is 0.344. The second-order valence-electron chi connectivity index (χ2n) is 7.27. The summed E-state index contributed by atoms with van der Waals surface area (Å²) in [6, 6.07) is 11.2. The van der Waals surface area contributed by atoms with Gasteiger partial charge in [0.05, 0.1) is 6.67 Å². The summed E-state index contributed by atoms with van der Waals surface area (Å²) in [7, 11) is 0. The first-order chi connectivity index (χ1) is 11.3. The van der Waals surface area contributed by atoms with Crippen LogP contribution in [0.3, 0.4) is 0 Å². The number of ketones is 1. The first-order valence-electron chi connectivity index (χ1n) is 9.09. The zero-order valence-corrected chi connectivity index (χ0v) is 13.8. The summed E-state index contributed by atoms with van der Waals surface area (Å²) < 4.78 is 0. The van der Waals surface area contributed by atoms with Gasteiger partial charge in [0, 0.05) is 30.3 Å². The Hall–Kier alpha value is -1.61. The first kappa shape index (κ1) is 14.9. The van der Waals surface area contributed by atoms with Crippen molar-refractivity contribution in [1.82, 2.24) is 10.2 Å². The number of carbonyl (C=O) groups is 1. The third-order valence-corrected chi connectivity index (χ3v) is 5.80. The molecular formula is C20H26N2O. The number of nitrogens with one attached hydrogen (secondary N) is 1. The van der Waals surface area contributed by atoms with E-state index in [9.17, 15) is 4.79 Å². The quantitative estimate of drug-likeness (QED) is 0.906. The van der Waals surface area contributed by atoms with E-state index in [0.717, 1.165) is 25.2 Å². The van der Waals surface area contributed by atoms with Crippen LogP contribution in [0.25, 0.3) is 0 Å². The molecule has 3 aliphatic rings. The van der Waals surface area contributed by atoms with Crippen molar-refractivity contribution in [2.45, 2.75) is 56.9 Å². The van der Waals surface area contributed by atoms with Crippen molar-refractivity contribution >= 4 is 5.78 Å². The average Bonchev–Trinajstić information content (AvgIpc) is 2.63. The molecule has 0 aromatic heterocycles. The van der Waals surface area contributed by atoms with Crippen LogP contribution >= 0.6 is 0 Å². The fourth-order valence-corrected chi connectivity index (χ4v) is 4.44. The maximum absolute atomic E-state index is 12.7. The van der Waals surface area contributed by atoms with Crippen LogP contribution in [0.4, 0.5) is 0 Å². The highest BCUT2D eigenvalue weighted by molar-refractivity contribution is 5.98. The zero-order valence-electron chi connectivity index (χ0n) is 13.8. The number of benzene rings is 1. The summed E-state index contributed by atoms with van der Waals surface area (Å²) in [5.74, 6) is 0.698. The number of allylic oxidation sites excluding steroid dienone is 1. The molecule has 0 unspecified atom stereocenters. The van der Waals surface area contributed by atoms with Gasteiger partial charge >= 0.3 is 0 Å². The molecule has 1 aromatic rings. The molecule has 4 rings (SSSR count). The van der Waals surface area contributed by atoms with Crippen molar-refractivity contribution in [2.24, 2.45) is 0 Å². The van der Waals surface area contributed by atoms with Gasteiger partial charge in [0.15, 0.2) is 5.78 Å². The Morgan fingerprint density at radius 1 is 1.00 bits per heavy atom. The molecule has 1 aliphatic heterocycles. The molecule has 3 nitrogen and oxygen atoms in total. The Morgan fingerprint density at radius 3 is 2.57 bits per heavy atom. The van der Waals surface area contributed by atoms with Crippen LogP contribution in [0, 0.1) is 0 Å². The van der Waals surface area contributed by atoms with E-state index in [1.54, 1.807) is 0 Å². The van der Waals surface area contributed by atoms with E-state index >= 15 is 0 Å². The molecule has 23 heavy (non-hydrogen) atoms. The lowest BCUT2D eigenvalue weighted by Gasteiger charge is -2.41. The molecule has 0 amide bonds. The summed E-state index contributed by atoms with van der Waals surface area (Å²) >= 11 is 0. The van der Waals surface area contributed by atoms with Crippen LogP contribution in [0.15, 0.2) is 41.6 Å². The van der Waals surface area contributed by atoms with Gasteiger partial charge in [-0.3, -0.25) is 9.69 Å². The van der Waals surface area contributed by atoms with Crippen LogP contribution in [0.1, 0.15) is 56.4 Å². The van der Waals surface area contributed by atoms with Crippen LogP contribution in [-0.2, 0) is 4.79 Å². The summed E-state index contributed by atoms with van der Waals surface area (Å²) in [5.41, 5.74) is 3.57. The van der Waals surface area contributed by atoms with Crippen molar-refractivity contribution < 1.29 is 4.79 Å². The third-order valence-electron chi connectivity index (χ3n) is 5.80. The van der Waals surface area contributed by atoms with Gasteiger partial charge in [0.2, 0.25) is 0 Å². The van der Waals surface area contributed by atoms with Crippen molar-refractivity contribution in [3.05, 3.63) is 47.2 Å². The van der Waals surface area contributed by atoms with Gasteiger partial charge in [-0.2, -0.15) is 0 Å². The summed E-state index contributed by atoms with van der Waals surface area (Å²) in [6.45, 7) is 1.78. The molecule has 0 radical (unpaired) electrons. The molecule has 1 saturated carbocycles. The van der Waals surface area contributed by atoms with Gasteiger partial charge in [0.25, 0.3) is 0 Å². The number of Topliss-reactive ketones (excluding diaryl/α,β-unsaturated/α-hetero) is 1. The van der Waals surface area contributed by atoms with E-state index in [-0.39, 0.29) is 0 Å². The average molecular weight is 310 g/mol. The van der Waals surface area contributed by atoms with E-state index in [2.05, 4.69) is 34.5 Å². The van der Waals surface area contributed by atoms with Crippen molar-refractivity contribution in [1.29, 1.82) is 0 Å². The molecular weight excluding hydrogens is 284 g/mol. The highest BCUT2D eigenvalue weighted by atomic mass is 16.1. The zero-order chi connectivity index (χ0) is 15.6. The van der Waals surface area contributed by atoms with E-state index in [1.807, 2.05) is 6.07 Å². The molecule has 0 bridgehead atoms. The molecule has 0 saturated heterocycles. The number of hydrogen-bond donors (Lipinski definition) is 1. The van der Waals surface area contributed by atoms with E-state index in [0.29, 0.717) is 24.2 Å². The predicted molar refractivity (Wildman–Crippen MR) is 92.0 cm³/mol. The van der Waals surface area contributed by atoms with Crippen LogP contribution < -0.4 is 5.32 Å². The monoisotopic (exact) mass is 310 g/mol. The first-order valence-corrected chi connectivity index (χ1v) is 9.09.